The van der Waals surface area contributed by atoms with Crippen molar-refractivity contribution in [3.63, 3.8) is 0 Å². The number of amides is 1. The number of hydrogen-bond acceptors (Lipinski definition) is 8. The van der Waals surface area contributed by atoms with Gasteiger partial charge in [-0.15, -0.1) is 6.58 Å². The molecule has 0 aliphatic rings. The van der Waals surface area contributed by atoms with Gasteiger partial charge in [0, 0.05) is 11.3 Å². The number of nitrogens with one attached hydrogen (secondary N) is 1. The lowest BCUT2D eigenvalue weighted by molar-refractivity contribution is -0.112. The van der Waals surface area contributed by atoms with Crippen molar-refractivity contribution in [2.24, 2.45) is 0 Å². The van der Waals surface area contributed by atoms with E-state index in [-0.39, 0.29) is 28.4 Å². The minimum absolute atomic E-state index is 0.0259. The molecule has 0 aliphatic carbocycles. The van der Waals surface area contributed by atoms with Gasteiger partial charge in [-0.25, -0.2) is 4.79 Å². The fourth-order valence-corrected chi connectivity index (χ4v) is 4.38. The van der Waals surface area contributed by atoms with Crippen molar-refractivity contribution in [3.8, 4) is 17.6 Å². The summed E-state index contributed by atoms with van der Waals surface area (Å²) in [5.74, 6) is -1.14. The molecule has 194 valence electrons. The van der Waals surface area contributed by atoms with Crippen LogP contribution in [0.2, 0.25) is 0 Å². The third-order valence-corrected chi connectivity index (χ3v) is 6.44. The van der Waals surface area contributed by atoms with E-state index in [1.54, 1.807) is 30.3 Å². The summed E-state index contributed by atoms with van der Waals surface area (Å²) in [7, 11) is -1.55. The van der Waals surface area contributed by atoms with E-state index in [0.717, 1.165) is 0 Å². The number of nitrogens with zero attached hydrogens (tertiary/aromatic N) is 1. The van der Waals surface area contributed by atoms with Gasteiger partial charge in [0.25, 0.3) is 5.91 Å². The standard InChI is InChI=1S/C28H24N2O7S/c1-4-8-21-15-19(17-25(35-2)26(21)37-38(33,34)24-9-6-5-7-10-24)16-22(18-29)27(31)30-23-13-11-20(12-14-23)28(32)36-3/h4-7,9-17H,1,8H2,2-3H3,(H,30,31)/b22-16+. The third kappa shape index (κ3) is 6.66. The van der Waals surface area contributed by atoms with Crippen molar-refractivity contribution < 1.29 is 31.7 Å². The first-order valence-corrected chi connectivity index (χ1v) is 12.6. The molecule has 9 nitrogen and oxygen atoms in total. The number of anilines is 1. The van der Waals surface area contributed by atoms with Gasteiger partial charge in [-0.2, -0.15) is 13.7 Å². The number of allylic oxidation sites excluding steroid dienone is 1. The smallest absolute Gasteiger partial charge is 0.339 e. The third-order valence-electron chi connectivity index (χ3n) is 5.20. The summed E-state index contributed by atoms with van der Waals surface area (Å²) in [6.45, 7) is 3.70. The highest BCUT2D eigenvalue weighted by Gasteiger charge is 2.22. The fourth-order valence-electron chi connectivity index (χ4n) is 3.39. The van der Waals surface area contributed by atoms with Crippen LogP contribution in [-0.4, -0.2) is 34.5 Å². The summed E-state index contributed by atoms with van der Waals surface area (Å²) < 4.78 is 41.2. The van der Waals surface area contributed by atoms with Crippen LogP contribution in [0.5, 0.6) is 11.5 Å². The molecule has 1 amide bonds. The second-order valence-electron chi connectivity index (χ2n) is 7.75. The molecule has 3 rings (SSSR count). The molecule has 0 aromatic heterocycles. The number of esters is 1. The van der Waals surface area contributed by atoms with Crippen molar-refractivity contribution >= 4 is 33.8 Å². The molecule has 1 N–H and O–H groups in total. The molecule has 0 saturated carbocycles. The Morgan fingerprint density at radius 3 is 2.32 bits per heavy atom. The average Bonchev–Trinajstić information content (AvgIpc) is 2.93. The SMILES string of the molecule is C=CCc1cc(/C=C(\C#N)C(=O)Nc2ccc(C(=O)OC)cc2)cc(OC)c1OS(=O)(=O)c1ccccc1. The van der Waals surface area contributed by atoms with E-state index in [0.29, 0.717) is 22.4 Å². The van der Waals surface area contributed by atoms with E-state index in [2.05, 4.69) is 16.6 Å². The monoisotopic (exact) mass is 532 g/mol. The zero-order valence-corrected chi connectivity index (χ0v) is 21.4. The van der Waals surface area contributed by atoms with Crippen molar-refractivity contribution in [1.82, 2.24) is 0 Å². The van der Waals surface area contributed by atoms with E-state index < -0.39 is 22.0 Å². The van der Waals surface area contributed by atoms with Crippen molar-refractivity contribution in [2.75, 3.05) is 19.5 Å². The van der Waals surface area contributed by atoms with Gasteiger partial charge < -0.3 is 19.0 Å². The summed E-state index contributed by atoms with van der Waals surface area (Å²) >= 11 is 0. The molecule has 10 heteroatoms. The molecule has 0 heterocycles. The molecule has 3 aromatic rings. The Hall–Kier alpha value is -4.88. The van der Waals surface area contributed by atoms with Gasteiger partial charge in [0.2, 0.25) is 0 Å². The Kier molecular flexibility index (Phi) is 9.03. The van der Waals surface area contributed by atoms with E-state index in [4.69, 9.17) is 8.92 Å². The highest BCUT2D eigenvalue weighted by Crippen LogP contribution is 2.36. The molecule has 0 unspecified atom stereocenters. The lowest BCUT2D eigenvalue weighted by Crippen LogP contribution is -2.14. The van der Waals surface area contributed by atoms with Gasteiger partial charge in [0.05, 0.1) is 19.8 Å². The van der Waals surface area contributed by atoms with Gasteiger partial charge in [-0.3, -0.25) is 4.79 Å². The number of ether oxygens (including phenoxy) is 2. The number of methoxy groups -OCH3 is 2. The molecule has 0 fully saturated rings. The molecule has 0 spiro atoms. The minimum atomic E-state index is -4.16. The largest absolute Gasteiger partial charge is 0.493 e. The summed E-state index contributed by atoms with van der Waals surface area (Å²) in [5, 5.41) is 12.2. The Morgan fingerprint density at radius 2 is 1.74 bits per heavy atom. The number of rotatable bonds is 10. The number of hydrogen-bond donors (Lipinski definition) is 1. The molecule has 38 heavy (non-hydrogen) atoms. The fraction of sp³-hybridized carbons (Fsp3) is 0.107. The molecular formula is C28H24N2O7S. The first kappa shape index (κ1) is 27.7. The molecule has 3 aromatic carbocycles. The van der Waals surface area contributed by atoms with Crippen LogP contribution < -0.4 is 14.2 Å². The Labute approximate surface area is 220 Å². The highest BCUT2D eigenvalue weighted by atomic mass is 32.2. The molecule has 0 saturated heterocycles. The normalized spacial score (nSPS) is 11.1. The van der Waals surface area contributed by atoms with E-state index in [1.165, 1.54) is 62.8 Å². The van der Waals surface area contributed by atoms with Gasteiger partial charge in [-0.1, -0.05) is 24.3 Å². The summed E-state index contributed by atoms with van der Waals surface area (Å²) in [5.41, 5.74) is 1.26. The van der Waals surface area contributed by atoms with Crippen LogP contribution in [0, 0.1) is 11.3 Å². The quantitative estimate of drug-likeness (QED) is 0.133. The van der Waals surface area contributed by atoms with Crippen LogP contribution in [0.1, 0.15) is 21.5 Å². The number of benzene rings is 3. The van der Waals surface area contributed by atoms with Crippen molar-refractivity contribution in [1.29, 1.82) is 5.26 Å². The first-order chi connectivity index (χ1) is 18.2. The van der Waals surface area contributed by atoms with Crippen LogP contribution in [0.25, 0.3) is 6.08 Å². The van der Waals surface area contributed by atoms with Gasteiger partial charge in [0.15, 0.2) is 11.5 Å². The van der Waals surface area contributed by atoms with Gasteiger partial charge >= 0.3 is 16.1 Å². The maximum absolute atomic E-state index is 12.8. The van der Waals surface area contributed by atoms with Crippen LogP contribution >= 0.6 is 0 Å². The Balaban J connectivity index is 1.93. The van der Waals surface area contributed by atoms with Crippen LogP contribution in [0.3, 0.4) is 0 Å². The van der Waals surface area contributed by atoms with Gasteiger partial charge in [0.1, 0.15) is 16.5 Å². The van der Waals surface area contributed by atoms with E-state index in [1.807, 2.05) is 6.07 Å². The van der Waals surface area contributed by atoms with Gasteiger partial charge in [-0.05, 0) is 66.6 Å². The van der Waals surface area contributed by atoms with Crippen LogP contribution in [-0.2, 0) is 26.1 Å². The van der Waals surface area contributed by atoms with E-state index in [9.17, 15) is 23.3 Å². The van der Waals surface area contributed by atoms with Crippen LogP contribution in [0.4, 0.5) is 5.69 Å². The highest BCUT2D eigenvalue weighted by molar-refractivity contribution is 7.87. The van der Waals surface area contributed by atoms with E-state index >= 15 is 0 Å². The maximum Gasteiger partial charge on any atom is 0.339 e. The molecule has 0 atom stereocenters. The second-order valence-corrected chi connectivity index (χ2v) is 9.29. The molecule has 0 aliphatic heterocycles. The molecular weight excluding hydrogens is 508 g/mol. The van der Waals surface area contributed by atoms with Crippen LogP contribution in [0.15, 0.2) is 89.9 Å². The predicted molar refractivity (Wildman–Crippen MR) is 141 cm³/mol. The first-order valence-electron chi connectivity index (χ1n) is 11.1. The lowest BCUT2D eigenvalue weighted by Gasteiger charge is -2.15. The summed E-state index contributed by atoms with van der Waals surface area (Å²) in [6, 6.07) is 18.5. The Morgan fingerprint density at radius 1 is 1.05 bits per heavy atom. The Bertz CT molecular complexity index is 1520. The topological polar surface area (TPSA) is 132 Å². The summed E-state index contributed by atoms with van der Waals surface area (Å²) in [6.07, 6.45) is 3.11. The minimum Gasteiger partial charge on any atom is -0.493 e. The predicted octanol–water partition coefficient (Wildman–Crippen LogP) is 4.52. The summed E-state index contributed by atoms with van der Waals surface area (Å²) in [4.78, 5) is 24.3. The average molecular weight is 533 g/mol. The zero-order chi connectivity index (χ0) is 27.7. The number of carbonyl (C=O) groups excluding carboxylic acids is 2. The van der Waals surface area contributed by atoms with Crippen molar-refractivity contribution in [3.05, 3.63) is 102 Å². The molecule has 0 radical (unpaired) electrons. The lowest BCUT2D eigenvalue weighted by atomic mass is 10.0. The second kappa shape index (κ2) is 12.4. The van der Waals surface area contributed by atoms with Crippen molar-refractivity contribution in [2.45, 2.75) is 11.3 Å². The zero-order valence-electron chi connectivity index (χ0n) is 20.6. The maximum atomic E-state index is 12.8. The molecule has 0 bridgehead atoms. The number of nitriles is 1. The number of carbonyl (C=O) groups is 2.